The maximum Gasteiger partial charge on any atom is 0.409 e. The number of piperidine rings is 1. The lowest BCUT2D eigenvalue weighted by molar-refractivity contribution is 0.111. The zero-order valence-corrected chi connectivity index (χ0v) is 14.9. The van der Waals surface area contributed by atoms with E-state index in [1.807, 2.05) is 13.8 Å². The van der Waals surface area contributed by atoms with Crippen LogP contribution >= 0.6 is 0 Å². The van der Waals surface area contributed by atoms with Crippen LogP contribution in [-0.4, -0.2) is 61.9 Å². The van der Waals surface area contributed by atoms with Crippen molar-refractivity contribution in [1.82, 2.24) is 20.7 Å². The Labute approximate surface area is 142 Å². The number of ether oxygens (including phenoxy) is 1. The molecule has 1 amide bonds. The van der Waals surface area contributed by atoms with Crippen molar-refractivity contribution in [2.24, 2.45) is 4.99 Å². The summed E-state index contributed by atoms with van der Waals surface area (Å²) < 4.78 is 9.93. The Morgan fingerprint density at radius 1 is 1.42 bits per heavy atom. The van der Waals surface area contributed by atoms with Gasteiger partial charge in [-0.1, -0.05) is 5.16 Å². The van der Waals surface area contributed by atoms with Crippen LogP contribution in [0.3, 0.4) is 0 Å². The highest BCUT2D eigenvalue weighted by Gasteiger charge is 2.23. The first kappa shape index (κ1) is 18.1. The normalized spacial score (nSPS) is 16.2. The number of amides is 1. The van der Waals surface area contributed by atoms with Crippen molar-refractivity contribution in [1.29, 1.82) is 0 Å². The molecule has 8 heteroatoms. The van der Waals surface area contributed by atoms with E-state index >= 15 is 0 Å². The third-order valence-corrected chi connectivity index (χ3v) is 4.34. The summed E-state index contributed by atoms with van der Waals surface area (Å²) in [4.78, 5) is 17.5. The molecule has 1 saturated heterocycles. The standard InChI is InChI=1S/C16H27N5O3/c1-11-14(12(2)24-20-11)5-8-18-15(17-3)19-13-6-9-21(10-7-13)16(22)23-4/h13H,5-10H2,1-4H3,(H2,17,18,19). The topological polar surface area (TPSA) is 92.0 Å². The minimum absolute atomic E-state index is 0.254. The first-order valence-corrected chi connectivity index (χ1v) is 8.27. The number of carbonyl (C=O) groups is 1. The number of carbonyl (C=O) groups excluding carboxylic acids is 1. The van der Waals surface area contributed by atoms with Crippen LogP contribution in [0.5, 0.6) is 0 Å². The fraction of sp³-hybridized carbons (Fsp3) is 0.688. The minimum Gasteiger partial charge on any atom is -0.453 e. The van der Waals surface area contributed by atoms with Gasteiger partial charge in [-0.05, 0) is 33.1 Å². The van der Waals surface area contributed by atoms with Gasteiger partial charge in [0.2, 0.25) is 0 Å². The van der Waals surface area contributed by atoms with Gasteiger partial charge in [-0.25, -0.2) is 4.79 Å². The summed E-state index contributed by atoms with van der Waals surface area (Å²) in [6.45, 7) is 6.02. The van der Waals surface area contributed by atoms with Crippen molar-refractivity contribution in [2.45, 2.75) is 39.2 Å². The monoisotopic (exact) mass is 337 g/mol. The van der Waals surface area contributed by atoms with Crippen molar-refractivity contribution in [3.8, 4) is 0 Å². The number of hydrogen-bond acceptors (Lipinski definition) is 5. The molecular formula is C16H27N5O3. The Morgan fingerprint density at radius 3 is 2.67 bits per heavy atom. The number of aromatic nitrogens is 1. The third-order valence-electron chi connectivity index (χ3n) is 4.34. The van der Waals surface area contributed by atoms with Crippen LogP contribution in [0.2, 0.25) is 0 Å². The fourth-order valence-corrected chi connectivity index (χ4v) is 2.89. The Morgan fingerprint density at radius 2 is 2.12 bits per heavy atom. The maximum absolute atomic E-state index is 11.5. The molecule has 0 unspecified atom stereocenters. The van der Waals surface area contributed by atoms with Crippen LogP contribution in [-0.2, 0) is 11.2 Å². The summed E-state index contributed by atoms with van der Waals surface area (Å²) in [6.07, 6.45) is 2.33. The molecule has 2 N–H and O–H groups in total. The van der Waals surface area contributed by atoms with Crippen molar-refractivity contribution in [3.05, 3.63) is 17.0 Å². The van der Waals surface area contributed by atoms with E-state index < -0.39 is 0 Å². The number of nitrogens with one attached hydrogen (secondary N) is 2. The molecule has 134 valence electrons. The van der Waals surface area contributed by atoms with Crippen LogP contribution in [0, 0.1) is 13.8 Å². The summed E-state index contributed by atoms with van der Waals surface area (Å²) in [5.74, 6) is 1.64. The van der Waals surface area contributed by atoms with Crippen LogP contribution in [0.4, 0.5) is 4.79 Å². The van der Waals surface area contributed by atoms with E-state index in [1.165, 1.54) is 7.11 Å². The molecule has 0 radical (unpaired) electrons. The van der Waals surface area contributed by atoms with Crippen molar-refractivity contribution in [3.63, 3.8) is 0 Å². The SMILES string of the molecule is CN=C(NCCc1c(C)noc1C)NC1CCN(C(=O)OC)CC1. The van der Waals surface area contributed by atoms with Gasteiger partial charge in [-0.2, -0.15) is 0 Å². The molecule has 2 rings (SSSR count). The first-order valence-electron chi connectivity index (χ1n) is 8.27. The molecule has 0 saturated carbocycles. The second-order valence-corrected chi connectivity index (χ2v) is 5.93. The fourth-order valence-electron chi connectivity index (χ4n) is 2.89. The lowest BCUT2D eigenvalue weighted by atomic mass is 10.1. The van der Waals surface area contributed by atoms with Gasteiger partial charge in [-0.3, -0.25) is 4.99 Å². The molecule has 1 aliphatic heterocycles. The van der Waals surface area contributed by atoms with Gasteiger partial charge < -0.3 is 24.8 Å². The number of rotatable bonds is 4. The van der Waals surface area contributed by atoms with Crippen LogP contribution < -0.4 is 10.6 Å². The molecule has 1 fully saturated rings. The lowest BCUT2D eigenvalue weighted by Gasteiger charge is -2.32. The largest absolute Gasteiger partial charge is 0.453 e. The number of aliphatic imine (C=N–C) groups is 1. The van der Waals surface area contributed by atoms with Crippen molar-refractivity contribution < 1.29 is 14.1 Å². The molecular weight excluding hydrogens is 310 g/mol. The summed E-state index contributed by atoms with van der Waals surface area (Å²) in [7, 11) is 3.17. The molecule has 8 nitrogen and oxygen atoms in total. The maximum atomic E-state index is 11.5. The molecule has 0 spiro atoms. The molecule has 1 aromatic rings. The second kappa shape index (κ2) is 8.56. The number of guanidine groups is 1. The zero-order valence-electron chi connectivity index (χ0n) is 14.9. The Bertz CT molecular complexity index is 557. The average molecular weight is 337 g/mol. The highest BCUT2D eigenvalue weighted by molar-refractivity contribution is 5.80. The quantitative estimate of drug-likeness (QED) is 0.634. The van der Waals surface area contributed by atoms with E-state index in [0.29, 0.717) is 19.1 Å². The third kappa shape index (κ3) is 4.62. The van der Waals surface area contributed by atoms with Crippen molar-refractivity contribution in [2.75, 3.05) is 33.8 Å². The van der Waals surface area contributed by atoms with Gasteiger partial charge >= 0.3 is 6.09 Å². The van der Waals surface area contributed by atoms with Gasteiger partial charge in [0, 0.05) is 38.3 Å². The van der Waals surface area contributed by atoms with Gasteiger partial charge in [0.05, 0.1) is 12.8 Å². The number of hydrogen-bond donors (Lipinski definition) is 2. The number of likely N-dealkylation sites (tertiary alicyclic amines) is 1. The molecule has 0 aromatic carbocycles. The molecule has 0 aliphatic carbocycles. The van der Waals surface area contributed by atoms with Gasteiger partial charge in [0.25, 0.3) is 0 Å². The van der Waals surface area contributed by atoms with E-state index in [-0.39, 0.29) is 6.09 Å². The predicted molar refractivity (Wildman–Crippen MR) is 91.2 cm³/mol. The Kier molecular flexibility index (Phi) is 6.45. The lowest BCUT2D eigenvalue weighted by Crippen LogP contribution is -2.50. The Hall–Kier alpha value is -2.25. The summed E-state index contributed by atoms with van der Waals surface area (Å²) in [6, 6.07) is 0.302. The van der Waals surface area contributed by atoms with E-state index in [1.54, 1.807) is 11.9 Å². The molecule has 1 aliphatic rings. The molecule has 1 aromatic heterocycles. The Balaban J connectivity index is 1.74. The zero-order chi connectivity index (χ0) is 17.5. The predicted octanol–water partition coefficient (Wildman–Crippen LogP) is 1.23. The summed E-state index contributed by atoms with van der Waals surface area (Å²) in [5, 5.41) is 10.7. The first-order chi connectivity index (χ1) is 11.5. The molecule has 2 heterocycles. The van der Waals surface area contributed by atoms with Gasteiger partial charge in [0.15, 0.2) is 5.96 Å². The number of aryl methyl sites for hydroxylation is 2. The van der Waals surface area contributed by atoms with Crippen LogP contribution in [0.15, 0.2) is 9.52 Å². The van der Waals surface area contributed by atoms with E-state index in [0.717, 1.165) is 48.8 Å². The average Bonchev–Trinajstić information content (AvgIpc) is 2.92. The highest BCUT2D eigenvalue weighted by Crippen LogP contribution is 2.13. The summed E-state index contributed by atoms with van der Waals surface area (Å²) >= 11 is 0. The van der Waals surface area contributed by atoms with Crippen LogP contribution in [0.25, 0.3) is 0 Å². The van der Waals surface area contributed by atoms with E-state index in [9.17, 15) is 4.79 Å². The smallest absolute Gasteiger partial charge is 0.409 e. The van der Waals surface area contributed by atoms with Gasteiger partial charge in [0.1, 0.15) is 5.76 Å². The van der Waals surface area contributed by atoms with Gasteiger partial charge in [-0.15, -0.1) is 0 Å². The van der Waals surface area contributed by atoms with E-state index in [2.05, 4.69) is 20.8 Å². The minimum atomic E-state index is -0.254. The highest BCUT2D eigenvalue weighted by atomic mass is 16.5. The van der Waals surface area contributed by atoms with E-state index in [4.69, 9.17) is 9.26 Å². The molecule has 0 atom stereocenters. The molecule has 24 heavy (non-hydrogen) atoms. The van der Waals surface area contributed by atoms with Crippen LogP contribution in [0.1, 0.15) is 29.9 Å². The van der Waals surface area contributed by atoms with Crippen molar-refractivity contribution >= 4 is 12.1 Å². The summed E-state index contributed by atoms with van der Waals surface area (Å²) in [5.41, 5.74) is 2.08. The number of nitrogens with zero attached hydrogens (tertiary/aromatic N) is 3. The number of methoxy groups -OCH3 is 1. The molecule has 0 bridgehead atoms. The second-order valence-electron chi connectivity index (χ2n) is 5.93.